The summed E-state index contributed by atoms with van der Waals surface area (Å²) in [5.41, 5.74) is 0. The van der Waals surface area contributed by atoms with Gasteiger partial charge in [0.15, 0.2) is 0 Å². The van der Waals surface area contributed by atoms with Crippen LogP contribution in [0.15, 0.2) is 12.1 Å². The van der Waals surface area contributed by atoms with Crippen molar-refractivity contribution in [3.63, 3.8) is 0 Å². The lowest BCUT2D eigenvalue weighted by Gasteiger charge is -2.37. The van der Waals surface area contributed by atoms with Crippen LogP contribution in [0.4, 0.5) is 0 Å². The fraction of sp³-hybridized carbons (Fsp3) is 0.667. The Labute approximate surface area is 152 Å². The fourth-order valence-electron chi connectivity index (χ4n) is 3.77. The van der Waals surface area contributed by atoms with Crippen LogP contribution in [0.2, 0.25) is 4.34 Å². The maximum atomic E-state index is 12.5. The first-order chi connectivity index (χ1) is 11.6. The number of piperidine rings is 1. The number of likely N-dealkylation sites (tertiary alicyclic amines) is 1. The molecule has 3 rings (SSSR count). The van der Waals surface area contributed by atoms with Crippen LogP contribution in [0.1, 0.15) is 56.2 Å². The Morgan fingerprint density at radius 2 is 1.96 bits per heavy atom. The van der Waals surface area contributed by atoms with Gasteiger partial charge in [-0.3, -0.25) is 9.59 Å². The van der Waals surface area contributed by atoms with E-state index < -0.39 is 0 Å². The second-order valence-electron chi connectivity index (χ2n) is 6.85. The summed E-state index contributed by atoms with van der Waals surface area (Å²) in [6.45, 7) is 1.10. The van der Waals surface area contributed by atoms with Crippen LogP contribution in [0.3, 0.4) is 0 Å². The summed E-state index contributed by atoms with van der Waals surface area (Å²) < 4.78 is 0.738. The number of rotatable bonds is 4. The molecule has 2 aliphatic rings. The minimum Gasteiger partial charge on any atom is -0.351 e. The summed E-state index contributed by atoms with van der Waals surface area (Å²) in [6, 6.07) is 4.13. The van der Waals surface area contributed by atoms with Crippen LogP contribution >= 0.6 is 22.9 Å². The lowest BCUT2D eigenvalue weighted by molar-refractivity contribution is -0.141. The number of nitrogens with zero attached hydrogens (tertiary/aromatic N) is 1. The summed E-state index contributed by atoms with van der Waals surface area (Å²) in [5, 5.41) is 3.01. The van der Waals surface area contributed by atoms with E-state index in [4.69, 9.17) is 11.6 Å². The first kappa shape index (κ1) is 17.7. The zero-order valence-corrected chi connectivity index (χ0v) is 15.5. The molecule has 1 saturated carbocycles. The van der Waals surface area contributed by atoms with Crippen molar-refractivity contribution < 1.29 is 9.59 Å². The maximum absolute atomic E-state index is 12.5. The second-order valence-corrected chi connectivity index (χ2v) is 8.65. The summed E-state index contributed by atoms with van der Waals surface area (Å²) >= 11 is 7.41. The number of hydrogen-bond acceptors (Lipinski definition) is 3. The lowest BCUT2D eigenvalue weighted by atomic mass is 9.93. The van der Waals surface area contributed by atoms with E-state index in [2.05, 4.69) is 5.32 Å². The van der Waals surface area contributed by atoms with Crippen molar-refractivity contribution in [1.29, 1.82) is 0 Å². The van der Waals surface area contributed by atoms with Crippen molar-refractivity contribution in [2.45, 2.75) is 64.0 Å². The van der Waals surface area contributed by atoms with E-state index in [0.717, 1.165) is 22.1 Å². The molecule has 0 spiro atoms. The Bertz CT molecular complexity index is 581. The van der Waals surface area contributed by atoms with E-state index in [1.807, 2.05) is 17.0 Å². The number of carbonyl (C=O) groups is 2. The monoisotopic (exact) mass is 368 g/mol. The van der Waals surface area contributed by atoms with Gasteiger partial charge in [-0.25, -0.2) is 0 Å². The number of carbonyl (C=O) groups excluding carboxylic acids is 2. The minimum absolute atomic E-state index is 0.0608. The van der Waals surface area contributed by atoms with Gasteiger partial charge in [0.05, 0.1) is 16.8 Å². The minimum atomic E-state index is -0.0820. The smallest absolute Gasteiger partial charge is 0.225 e. The molecule has 4 nitrogen and oxygen atoms in total. The molecule has 1 N–H and O–H groups in total. The number of hydrogen-bond donors (Lipinski definition) is 1. The first-order valence-electron chi connectivity index (χ1n) is 8.95. The predicted molar refractivity (Wildman–Crippen MR) is 97.1 cm³/mol. The van der Waals surface area contributed by atoms with Gasteiger partial charge < -0.3 is 10.2 Å². The van der Waals surface area contributed by atoms with E-state index >= 15 is 0 Å². The predicted octanol–water partition coefficient (Wildman–Crippen LogP) is 3.98. The molecule has 1 atom stereocenters. The van der Waals surface area contributed by atoms with Gasteiger partial charge in [0, 0.05) is 23.9 Å². The van der Waals surface area contributed by atoms with Crippen molar-refractivity contribution >= 4 is 34.8 Å². The van der Waals surface area contributed by atoms with Gasteiger partial charge in [0.2, 0.25) is 11.8 Å². The molecule has 1 aliphatic heterocycles. The zero-order valence-electron chi connectivity index (χ0n) is 13.9. The molecule has 1 saturated heterocycles. The van der Waals surface area contributed by atoms with E-state index in [1.165, 1.54) is 37.0 Å². The van der Waals surface area contributed by atoms with Gasteiger partial charge in [0.25, 0.3) is 0 Å². The largest absolute Gasteiger partial charge is 0.351 e. The average molecular weight is 369 g/mol. The van der Waals surface area contributed by atoms with Crippen LogP contribution in [0.25, 0.3) is 0 Å². The van der Waals surface area contributed by atoms with Gasteiger partial charge in [-0.1, -0.05) is 37.3 Å². The van der Waals surface area contributed by atoms with Crippen molar-refractivity contribution in [2.24, 2.45) is 5.92 Å². The first-order valence-corrected chi connectivity index (χ1v) is 10.1. The van der Waals surface area contributed by atoms with Crippen molar-refractivity contribution in [2.75, 3.05) is 6.54 Å². The quantitative estimate of drug-likeness (QED) is 0.817. The molecule has 2 amide bonds. The normalized spacial score (nSPS) is 23.1. The summed E-state index contributed by atoms with van der Waals surface area (Å²) in [7, 11) is 0. The van der Waals surface area contributed by atoms with Crippen LogP contribution in [-0.2, 0) is 16.1 Å². The Kier molecular flexibility index (Phi) is 6.17. The van der Waals surface area contributed by atoms with Crippen LogP contribution < -0.4 is 5.32 Å². The molecular formula is C18H25ClN2O2S. The molecule has 6 heteroatoms. The molecule has 0 aromatic carbocycles. The summed E-state index contributed by atoms with van der Waals surface area (Å²) in [6.07, 6.45) is 8.28. The maximum Gasteiger partial charge on any atom is 0.225 e. The highest BCUT2D eigenvalue weighted by atomic mass is 35.5. The SMILES string of the molecule is O=C(NCc1ccc(Cl)s1)C1CCC(=O)N(C2CCCCCC2)C1. The molecule has 1 aliphatic carbocycles. The summed E-state index contributed by atoms with van der Waals surface area (Å²) in [5.74, 6) is 0.211. The molecular weight excluding hydrogens is 344 g/mol. The van der Waals surface area contributed by atoms with E-state index in [-0.39, 0.29) is 17.7 Å². The highest BCUT2D eigenvalue weighted by molar-refractivity contribution is 7.16. The zero-order chi connectivity index (χ0) is 16.9. The van der Waals surface area contributed by atoms with Gasteiger partial charge in [-0.15, -0.1) is 11.3 Å². The van der Waals surface area contributed by atoms with Gasteiger partial charge in [0.1, 0.15) is 0 Å². The van der Waals surface area contributed by atoms with E-state index in [9.17, 15) is 9.59 Å². The van der Waals surface area contributed by atoms with E-state index in [1.54, 1.807) is 0 Å². The van der Waals surface area contributed by atoms with Gasteiger partial charge in [-0.05, 0) is 31.4 Å². The van der Waals surface area contributed by atoms with Crippen molar-refractivity contribution in [3.05, 3.63) is 21.3 Å². The standard InChI is InChI=1S/C18H25ClN2O2S/c19-16-9-8-15(24-16)11-20-18(23)13-7-10-17(22)21(12-13)14-5-3-1-2-4-6-14/h8-9,13-14H,1-7,10-12H2,(H,20,23). The van der Waals surface area contributed by atoms with Crippen molar-refractivity contribution in [3.8, 4) is 0 Å². The molecule has 132 valence electrons. The third-order valence-electron chi connectivity index (χ3n) is 5.15. The lowest BCUT2D eigenvalue weighted by Crippen LogP contribution is -2.49. The Morgan fingerprint density at radius 1 is 1.21 bits per heavy atom. The van der Waals surface area contributed by atoms with Crippen LogP contribution in [0, 0.1) is 5.92 Å². The Hall–Kier alpha value is -1.07. The summed E-state index contributed by atoms with van der Waals surface area (Å²) in [4.78, 5) is 27.9. The molecule has 24 heavy (non-hydrogen) atoms. The highest BCUT2D eigenvalue weighted by Gasteiger charge is 2.34. The molecule has 1 unspecified atom stereocenters. The Balaban J connectivity index is 1.55. The van der Waals surface area contributed by atoms with Gasteiger partial charge >= 0.3 is 0 Å². The Morgan fingerprint density at radius 3 is 2.62 bits per heavy atom. The third-order valence-corrected chi connectivity index (χ3v) is 6.38. The van der Waals surface area contributed by atoms with Crippen molar-refractivity contribution in [1.82, 2.24) is 10.2 Å². The van der Waals surface area contributed by atoms with Crippen LogP contribution in [0.5, 0.6) is 0 Å². The molecule has 0 bridgehead atoms. The number of amides is 2. The number of thiophene rings is 1. The molecule has 1 aromatic heterocycles. The van der Waals surface area contributed by atoms with Crippen LogP contribution in [-0.4, -0.2) is 29.3 Å². The highest BCUT2D eigenvalue weighted by Crippen LogP contribution is 2.27. The van der Waals surface area contributed by atoms with E-state index in [0.29, 0.717) is 32.0 Å². The topological polar surface area (TPSA) is 49.4 Å². The molecule has 2 heterocycles. The number of nitrogens with one attached hydrogen (secondary N) is 1. The molecule has 2 fully saturated rings. The third kappa shape index (κ3) is 4.51. The average Bonchev–Trinajstić information content (AvgIpc) is 2.83. The second kappa shape index (κ2) is 8.34. The molecule has 0 radical (unpaired) electrons. The molecule has 1 aromatic rings. The van der Waals surface area contributed by atoms with Gasteiger partial charge in [-0.2, -0.15) is 0 Å². The number of halogens is 1. The fourth-order valence-corrected chi connectivity index (χ4v) is 4.80.